The molecule has 16 heavy (non-hydrogen) atoms. The Bertz CT molecular complexity index is 326. The number of carbonyl (C=O) groups is 2. The summed E-state index contributed by atoms with van der Waals surface area (Å²) in [7, 11) is 1.19. The first kappa shape index (κ1) is 14.3. The van der Waals surface area contributed by atoms with Gasteiger partial charge in [-0.3, -0.25) is 0 Å². The van der Waals surface area contributed by atoms with Gasteiger partial charge in [-0.05, 0) is 27.7 Å². The van der Waals surface area contributed by atoms with Crippen molar-refractivity contribution in [1.29, 1.82) is 0 Å². The average Bonchev–Trinajstić information content (AvgIpc) is 2.10. The Morgan fingerprint density at radius 3 is 2.19 bits per heavy atom. The summed E-state index contributed by atoms with van der Waals surface area (Å²) in [6.45, 7) is 6.79. The van der Waals surface area contributed by atoms with Crippen molar-refractivity contribution in [3.63, 3.8) is 0 Å². The smallest absolute Gasteiger partial charge is 0.452 e. The molecule has 0 saturated heterocycles. The number of nitrogens with zero attached hydrogens (tertiary/aromatic N) is 2. The van der Waals surface area contributed by atoms with Crippen molar-refractivity contribution >= 4 is 12.1 Å². The van der Waals surface area contributed by atoms with E-state index in [0.29, 0.717) is 0 Å². The van der Waals surface area contributed by atoms with Crippen molar-refractivity contribution in [2.75, 3.05) is 7.11 Å². The molecule has 0 bridgehead atoms. The molecule has 0 spiro atoms. The van der Waals surface area contributed by atoms with Gasteiger partial charge in [0.25, 0.3) is 0 Å². The van der Waals surface area contributed by atoms with Gasteiger partial charge in [0, 0.05) is 6.08 Å². The molecule has 0 aromatic rings. The van der Waals surface area contributed by atoms with Gasteiger partial charge in [0.1, 0.15) is 5.60 Å². The van der Waals surface area contributed by atoms with Gasteiger partial charge in [-0.25, -0.2) is 9.59 Å². The first-order valence-corrected chi connectivity index (χ1v) is 4.65. The molecular weight excluding hydrogens is 212 g/mol. The molecule has 0 heterocycles. The molecule has 0 fully saturated rings. The van der Waals surface area contributed by atoms with Gasteiger partial charge in [0.15, 0.2) is 0 Å². The Morgan fingerprint density at radius 2 is 1.75 bits per heavy atom. The van der Waals surface area contributed by atoms with E-state index >= 15 is 0 Å². The maximum atomic E-state index is 11.3. The number of carbonyl (C=O) groups excluding carboxylic acids is 2. The summed E-state index contributed by atoms with van der Waals surface area (Å²) >= 11 is 0. The third kappa shape index (κ3) is 7.66. The number of hydrogen-bond acceptors (Lipinski definition) is 5. The van der Waals surface area contributed by atoms with Crippen LogP contribution in [-0.4, -0.2) is 24.8 Å². The Morgan fingerprint density at radius 1 is 1.19 bits per heavy atom. The van der Waals surface area contributed by atoms with Crippen LogP contribution in [0.5, 0.6) is 0 Å². The van der Waals surface area contributed by atoms with Gasteiger partial charge in [0.2, 0.25) is 0 Å². The predicted molar refractivity (Wildman–Crippen MR) is 56.9 cm³/mol. The van der Waals surface area contributed by atoms with E-state index in [1.165, 1.54) is 14.0 Å². The molecule has 0 unspecified atom stereocenters. The third-order valence-corrected chi connectivity index (χ3v) is 1.20. The molecule has 1 amide bonds. The van der Waals surface area contributed by atoms with Gasteiger partial charge in [-0.1, -0.05) is 5.11 Å². The quantitative estimate of drug-likeness (QED) is 0.413. The summed E-state index contributed by atoms with van der Waals surface area (Å²) in [5.41, 5.74) is -0.299. The van der Waals surface area contributed by atoms with E-state index < -0.39 is 17.7 Å². The second kappa shape index (κ2) is 5.99. The summed E-state index contributed by atoms with van der Waals surface area (Å²) < 4.78 is 9.25. The number of amides is 1. The Hall–Kier alpha value is -1.72. The Balaban J connectivity index is 4.38. The lowest BCUT2D eigenvalue weighted by Crippen LogP contribution is -2.22. The molecule has 6 heteroatoms. The van der Waals surface area contributed by atoms with E-state index in [0.717, 1.165) is 6.08 Å². The van der Waals surface area contributed by atoms with Crippen molar-refractivity contribution in [2.45, 2.75) is 33.3 Å². The molecule has 0 aromatic carbocycles. The fourth-order valence-electron chi connectivity index (χ4n) is 0.691. The average molecular weight is 228 g/mol. The minimum absolute atomic E-state index is 0.264. The molecule has 0 saturated carbocycles. The van der Waals surface area contributed by atoms with Crippen LogP contribution in [0.2, 0.25) is 0 Å². The second-order valence-electron chi connectivity index (χ2n) is 3.99. The van der Waals surface area contributed by atoms with Crippen molar-refractivity contribution in [3.8, 4) is 0 Å². The summed E-state index contributed by atoms with van der Waals surface area (Å²) in [5.74, 6) is -0.534. The summed E-state index contributed by atoms with van der Waals surface area (Å²) in [4.78, 5) is 21.9. The van der Waals surface area contributed by atoms with Crippen LogP contribution in [0.1, 0.15) is 27.7 Å². The largest absolute Gasteiger partial charge is 0.457 e. The zero-order chi connectivity index (χ0) is 12.8. The zero-order valence-electron chi connectivity index (χ0n) is 10.1. The predicted octanol–water partition coefficient (Wildman–Crippen LogP) is 2.45. The highest BCUT2D eigenvalue weighted by atomic mass is 16.6. The number of allylic oxidation sites excluding steroid dienone is 1. The van der Waals surface area contributed by atoms with Crippen LogP contribution in [0.3, 0.4) is 0 Å². The lowest BCUT2D eigenvalue weighted by molar-refractivity contribution is -0.148. The van der Waals surface area contributed by atoms with Crippen LogP contribution in [0.15, 0.2) is 22.0 Å². The highest BCUT2D eigenvalue weighted by Crippen LogP contribution is 2.08. The molecule has 0 atom stereocenters. The zero-order valence-corrected chi connectivity index (χ0v) is 10.1. The van der Waals surface area contributed by atoms with E-state index in [1.54, 1.807) is 20.8 Å². The Labute approximate surface area is 94.3 Å². The van der Waals surface area contributed by atoms with Crippen LogP contribution in [0.4, 0.5) is 4.79 Å². The minimum Gasteiger partial charge on any atom is -0.457 e. The standard InChI is InChI=1S/C10H16N2O4/c1-7(11-12-9(14)15-5)6-8(13)16-10(2,3)4/h6H,1-5H3/b7-6-,12-11?. The number of rotatable bonds is 2. The molecule has 0 aliphatic rings. The van der Waals surface area contributed by atoms with Gasteiger partial charge < -0.3 is 9.47 Å². The fourth-order valence-corrected chi connectivity index (χ4v) is 0.691. The number of hydrogen-bond donors (Lipinski definition) is 0. The van der Waals surface area contributed by atoms with Crippen LogP contribution in [0.25, 0.3) is 0 Å². The first-order chi connectivity index (χ1) is 7.24. The molecule has 0 aliphatic carbocycles. The maximum Gasteiger partial charge on any atom is 0.452 e. The Kier molecular flexibility index (Phi) is 5.35. The third-order valence-electron chi connectivity index (χ3n) is 1.20. The van der Waals surface area contributed by atoms with E-state index in [4.69, 9.17) is 4.74 Å². The van der Waals surface area contributed by atoms with Gasteiger partial charge in [-0.2, -0.15) is 0 Å². The lowest BCUT2D eigenvalue weighted by Gasteiger charge is -2.17. The van der Waals surface area contributed by atoms with Crippen LogP contribution >= 0.6 is 0 Å². The summed E-state index contributed by atoms with van der Waals surface area (Å²) in [6.07, 6.45) is 0.328. The van der Waals surface area contributed by atoms with E-state index in [-0.39, 0.29) is 5.70 Å². The van der Waals surface area contributed by atoms with Crippen molar-refractivity contribution in [2.24, 2.45) is 10.2 Å². The number of methoxy groups -OCH3 is 1. The number of azo groups is 1. The second-order valence-corrected chi connectivity index (χ2v) is 3.99. The first-order valence-electron chi connectivity index (χ1n) is 4.65. The molecule has 90 valence electrons. The van der Waals surface area contributed by atoms with Crippen molar-refractivity contribution < 1.29 is 19.1 Å². The van der Waals surface area contributed by atoms with Gasteiger partial charge in [-0.15, -0.1) is 5.11 Å². The van der Waals surface area contributed by atoms with Gasteiger partial charge in [0.05, 0.1) is 12.8 Å². The molecule has 6 nitrogen and oxygen atoms in total. The number of ether oxygens (including phenoxy) is 2. The molecular formula is C10H16N2O4. The van der Waals surface area contributed by atoms with E-state index in [2.05, 4.69) is 15.0 Å². The van der Waals surface area contributed by atoms with Crippen LogP contribution < -0.4 is 0 Å². The molecule has 0 aromatic heterocycles. The van der Waals surface area contributed by atoms with E-state index in [1.807, 2.05) is 0 Å². The topological polar surface area (TPSA) is 77.3 Å². The molecule has 0 radical (unpaired) electrons. The lowest BCUT2D eigenvalue weighted by atomic mass is 10.2. The highest BCUT2D eigenvalue weighted by Gasteiger charge is 2.14. The van der Waals surface area contributed by atoms with Crippen molar-refractivity contribution in [3.05, 3.63) is 11.8 Å². The molecule has 0 rings (SSSR count). The van der Waals surface area contributed by atoms with Gasteiger partial charge >= 0.3 is 12.1 Å². The van der Waals surface area contributed by atoms with Crippen LogP contribution in [0, 0.1) is 0 Å². The number of esters is 1. The fraction of sp³-hybridized carbons (Fsp3) is 0.600. The normalized spacial score (nSPS) is 12.7. The molecule has 0 N–H and O–H groups in total. The summed E-state index contributed by atoms with van der Waals surface area (Å²) in [6, 6.07) is 0. The maximum absolute atomic E-state index is 11.3. The van der Waals surface area contributed by atoms with E-state index in [9.17, 15) is 9.59 Å². The SMILES string of the molecule is COC(=O)N=N/C(C)=C\C(=O)OC(C)(C)C. The highest BCUT2D eigenvalue weighted by molar-refractivity contribution is 5.83. The minimum atomic E-state index is -0.822. The monoisotopic (exact) mass is 228 g/mol. The van der Waals surface area contributed by atoms with Crippen molar-refractivity contribution in [1.82, 2.24) is 0 Å². The molecule has 0 aliphatic heterocycles. The summed E-state index contributed by atoms with van der Waals surface area (Å²) in [5, 5.41) is 6.66. The van der Waals surface area contributed by atoms with Crippen LogP contribution in [-0.2, 0) is 14.3 Å².